The number of piperazine rings is 1. The third-order valence-electron chi connectivity index (χ3n) is 8.14. The minimum absolute atomic E-state index is 0.175. The van der Waals surface area contributed by atoms with Crippen LogP contribution >= 0.6 is 0 Å². The highest BCUT2D eigenvalue weighted by Crippen LogP contribution is 2.20. The number of likely N-dealkylation sites (N-methyl/N-ethyl adjacent to an activating group) is 1. The van der Waals surface area contributed by atoms with Crippen molar-refractivity contribution in [3.8, 4) is 0 Å². The third-order valence-corrected chi connectivity index (χ3v) is 8.14. The Bertz CT molecular complexity index is 667. The molecule has 0 spiro atoms. The number of quaternary nitrogens is 1. The van der Waals surface area contributed by atoms with Gasteiger partial charge in [-0.15, -0.1) is 0 Å². The van der Waals surface area contributed by atoms with E-state index in [0.29, 0.717) is 12.3 Å². The van der Waals surface area contributed by atoms with Gasteiger partial charge in [0.1, 0.15) is 12.4 Å². The minimum Gasteiger partial charge on any atom is -0.331 e. The van der Waals surface area contributed by atoms with Gasteiger partial charge in [-0.05, 0) is 25.5 Å². The number of benzene rings is 1. The van der Waals surface area contributed by atoms with Gasteiger partial charge in [0.25, 0.3) is 0 Å². The Kier molecular flexibility index (Phi) is 15.3. The lowest BCUT2D eigenvalue weighted by Crippen LogP contribution is -2.59. The van der Waals surface area contributed by atoms with Gasteiger partial charge < -0.3 is 9.38 Å². The second-order valence-corrected chi connectivity index (χ2v) is 11.0. The molecule has 1 heterocycles. The Balaban J connectivity index is 1.45. The molecule has 0 unspecified atom stereocenters. The molecule has 1 aromatic carbocycles. The van der Waals surface area contributed by atoms with Gasteiger partial charge in [0.2, 0.25) is 5.91 Å². The number of amides is 1. The summed E-state index contributed by atoms with van der Waals surface area (Å²) < 4.78 is 14.2. The van der Waals surface area contributed by atoms with Crippen LogP contribution < -0.4 is 0 Å². The van der Waals surface area contributed by atoms with Gasteiger partial charge >= 0.3 is 0 Å². The van der Waals surface area contributed by atoms with Crippen LogP contribution in [-0.2, 0) is 11.3 Å². The van der Waals surface area contributed by atoms with E-state index in [1.54, 1.807) is 12.1 Å². The maximum absolute atomic E-state index is 13.2. The normalized spacial score (nSPS) is 15.5. The Hall–Kier alpha value is -1.42. The number of hydrogen-bond acceptors (Lipinski definition) is 1. The van der Waals surface area contributed by atoms with E-state index in [9.17, 15) is 9.18 Å². The smallest absolute Gasteiger partial charge is 0.222 e. The van der Waals surface area contributed by atoms with E-state index in [1.807, 2.05) is 12.1 Å². The molecule has 2 rings (SSSR count). The molecular weight excluding hydrogens is 435 g/mol. The summed E-state index contributed by atoms with van der Waals surface area (Å²) in [6.07, 6.45) is 21.0. The predicted octanol–water partition coefficient (Wildman–Crippen LogP) is 8.27. The summed E-state index contributed by atoms with van der Waals surface area (Å²) in [6, 6.07) is 6.91. The van der Waals surface area contributed by atoms with Crippen LogP contribution in [0, 0.1) is 5.82 Å². The van der Waals surface area contributed by atoms with Crippen molar-refractivity contribution in [1.82, 2.24) is 4.90 Å². The maximum atomic E-state index is 13.2. The van der Waals surface area contributed by atoms with Gasteiger partial charge in [-0.1, -0.05) is 109 Å². The van der Waals surface area contributed by atoms with Crippen molar-refractivity contribution in [2.24, 2.45) is 0 Å². The highest BCUT2D eigenvalue weighted by molar-refractivity contribution is 5.76. The fraction of sp³-hybridized carbons (Fsp3) is 0.774. The fourth-order valence-electron chi connectivity index (χ4n) is 5.51. The molecule has 1 aromatic rings. The van der Waals surface area contributed by atoms with Gasteiger partial charge in [0.15, 0.2) is 0 Å². The van der Waals surface area contributed by atoms with Crippen LogP contribution in [0.25, 0.3) is 0 Å². The number of rotatable bonds is 19. The SMILES string of the molecule is CCCCCCCCCCCCCCCCCC(=O)N1CC[N+](CC)(Cc2ccc(F)cc2)CC1. The monoisotopic (exact) mass is 489 g/mol. The predicted molar refractivity (Wildman–Crippen MR) is 147 cm³/mol. The third kappa shape index (κ3) is 12.4. The molecule has 0 N–H and O–H groups in total. The van der Waals surface area contributed by atoms with E-state index in [1.165, 1.54) is 95.5 Å². The molecule has 0 bridgehead atoms. The van der Waals surface area contributed by atoms with E-state index in [4.69, 9.17) is 0 Å². The molecule has 0 radical (unpaired) electrons. The number of carbonyl (C=O) groups is 1. The van der Waals surface area contributed by atoms with Crippen LogP contribution in [0.1, 0.15) is 122 Å². The number of unbranched alkanes of at least 4 members (excludes halogenated alkanes) is 14. The average molecular weight is 490 g/mol. The van der Waals surface area contributed by atoms with Crippen molar-refractivity contribution in [3.05, 3.63) is 35.6 Å². The molecule has 1 amide bonds. The molecule has 0 saturated carbocycles. The topological polar surface area (TPSA) is 20.3 Å². The first-order chi connectivity index (χ1) is 17.1. The average Bonchev–Trinajstić information content (AvgIpc) is 2.88. The Morgan fingerprint density at radius 2 is 1.20 bits per heavy atom. The van der Waals surface area contributed by atoms with Crippen LogP contribution in [-0.4, -0.2) is 48.0 Å². The molecule has 0 aliphatic carbocycles. The highest BCUT2D eigenvalue weighted by Gasteiger charge is 2.33. The summed E-state index contributed by atoms with van der Waals surface area (Å²) in [7, 11) is 0. The van der Waals surface area contributed by atoms with Crippen LogP contribution in [0.2, 0.25) is 0 Å². The van der Waals surface area contributed by atoms with Gasteiger partial charge in [-0.3, -0.25) is 4.79 Å². The second kappa shape index (κ2) is 17.9. The van der Waals surface area contributed by atoms with E-state index in [-0.39, 0.29) is 5.82 Å². The molecule has 1 aliphatic heterocycles. The van der Waals surface area contributed by atoms with Gasteiger partial charge in [-0.2, -0.15) is 0 Å². The van der Waals surface area contributed by atoms with Crippen LogP contribution in [0.3, 0.4) is 0 Å². The van der Waals surface area contributed by atoms with E-state index in [2.05, 4.69) is 18.7 Å². The summed E-state index contributed by atoms with van der Waals surface area (Å²) in [5.74, 6) is 0.168. The molecule has 0 aromatic heterocycles. The van der Waals surface area contributed by atoms with Crippen molar-refractivity contribution in [2.75, 3.05) is 32.7 Å². The quantitative estimate of drug-likeness (QED) is 0.141. The minimum atomic E-state index is -0.175. The molecule has 1 fully saturated rings. The van der Waals surface area contributed by atoms with Crippen molar-refractivity contribution in [2.45, 2.75) is 123 Å². The highest BCUT2D eigenvalue weighted by atomic mass is 19.1. The van der Waals surface area contributed by atoms with Crippen molar-refractivity contribution >= 4 is 5.91 Å². The molecule has 200 valence electrons. The Morgan fingerprint density at radius 3 is 1.66 bits per heavy atom. The molecule has 0 atom stereocenters. The van der Waals surface area contributed by atoms with Gasteiger partial charge in [0.05, 0.1) is 32.7 Å². The number of carbonyl (C=O) groups excluding carboxylic acids is 1. The molecule has 1 saturated heterocycles. The zero-order valence-corrected chi connectivity index (χ0v) is 23.0. The van der Waals surface area contributed by atoms with Crippen LogP contribution in [0.4, 0.5) is 4.39 Å². The summed E-state index contributed by atoms with van der Waals surface area (Å²) in [6.45, 7) is 10.2. The van der Waals surface area contributed by atoms with Crippen LogP contribution in [0.5, 0.6) is 0 Å². The first-order valence-electron chi connectivity index (χ1n) is 15.0. The van der Waals surface area contributed by atoms with Crippen molar-refractivity contribution in [1.29, 1.82) is 0 Å². The van der Waals surface area contributed by atoms with Crippen LogP contribution in [0.15, 0.2) is 24.3 Å². The first-order valence-corrected chi connectivity index (χ1v) is 15.0. The fourth-order valence-corrected chi connectivity index (χ4v) is 5.51. The Labute approximate surface area is 216 Å². The summed E-state index contributed by atoms with van der Waals surface area (Å²) >= 11 is 0. The zero-order valence-electron chi connectivity index (χ0n) is 23.0. The lowest BCUT2D eigenvalue weighted by molar-refractivity contribution is -0.942. The second-order valence-electron chi connectivity index (χ2n) is 11.0. The standard InChI is InChI=1S/C31H54FN2O/c1-3-5-6-7-8-9-10-11-12-13-14-15-16-17-18-19-31(35)33-24-26-34(4-2,27-25-33)28-29-20-22-30(32)23-21-29/h20-23H,3-19,24-28H2,1-2H3/q+1. The summed E-state index contributed by atoms with van der Waals surface area (Å²) in [4.78, 5) is 14.8. The lowest BCUT2D eigenvalue weighted by Gasteiger charge is -2.44. The van der Waals surface area contributed by atoms with Gasteiger partial charge in [-0.25, -0.2) is 4.39 Å². The van der Waals surface area contributed by atoms with Gasteiger partial charge in [0, 0.05) is 12.0 Å². The molecule has 1 aliphatic rings. The summed E-state index contributed by atoms with van der Waals surface area (Å²) in [5.41, 5.74) is 1.19. The summed E-state index contributed by atoms with van der Waals surface area (Å²) in [5, 5.41) is 0. The molecular formula is C31H54FN2O+. The van der Waals surface area contributed by atoms with E-state index >= 15 is 0 Å². The van der Waals surface area contributed by atoms with Crippen molar-refractivity contribution in [3.63, 3.8) is 0 Å². The Morgan fingerprint density at radius 1 is 0.743 bits per heavy atom. The molecule has 35 heavy (non-hydrogen) atoms. The maximum Gasteiger partial charge on any atom is 0.222 e. The number of nitrogens with zero attached hydrogens (tertiary/aromatic N) is 2. The number of hydrogen-bond donors (Lipinski definition) is 0. The molecule has 4 heteroatoms. The van der Waals surface area contributed by atoms with E-state index < -0.39 is 0 Å². The lowest BCUT2D eigenvalue weighted by atomic mass is 10.0. The number of halogens is 1. The largest absolute Gasteiger partial charge is 0.331 e. The van der Waals surface area contributed by atoms with Crippen molar-refractivity contribution < 1.29 is 13.7 Å². The molecule has 3 nitrogen and oxygen atoms in total. The first kappa shape index (κ1) is 29.8. The zero-order chi connectivity index (χ0) is 25.2. The van der Waals surface area contributed by atoms with E-state index in [0.717, 1.165) is 50.2 Å².